The lowest BCUT2D eigenvalue weighted by Gasteiger charge is -2.58. The number of hydrogen-bond donors (Lipinski definition) is 1. The number of oxime groups is 1. The summed E-state index contributed by atoms with van der Waals surface area (Å²) in [4.78, 5) is 32.3. The van der Waals surface area contributed by atoms with E-state index in [0.717, 1.165) is 50.9 Å². The molecule has 0 aromatic carbocycles. The molecule has 0 bridgehead atoms. The molecular weight excluding hydrogens is 352 g/mol. The number of nitrogens with zero attached hydrogens (tertiary/aromatic N) is 1. The van der Waals surface area contributed by atoms with Gasteiger partial charge in [0.15, 0.2) is 0 Å². The van der Waals surface area contributed by atoms with Crippen molar-refractivity contribution in [1.29, 1.82) is 0 Å². The smallest absolute Gasteiger partial charge is 0.202 e. The average Bonchev–Trinajstić information content (AvgIpc) is 3.33. The highest BCUT2D eigenvalue weighted by Crippen LogP contribution is 2.64. The molecule has 154 valence electrons. The van der Waals surface area contributed by atoms with Crippen LogP contribution >= 0.6 is 0 Å². The van der Waals surface area contributed by atoms with Crippen LogP contribution in [0.1, 0.15) is 71.6 Å². The summed E-state index contributed by atoms with van der Waals surface area (Å²) in [5.41, 5.74) is 1.22. The molecule has 0 radical (unpaired) electrons. The monoisotopic (exact) mass is 386 g/mol. The van der Waals surface area contributed by atoms with Gasteiger partial charge in [0.25, 0.3) is 0 Å². The van der Waals surface area contributed by atoms with E-state index < -0.39 is 0 Å². The number of ketones is 2. The maximum Gasteiger partial charge on any atom is 0.202 e. The van der Waals surface area contributed by atoms with E-state index in [1.54, 1.807) is 0 Å². The summed E-state index contributed by atoms with van der Waals surface area (Å²) in [6.07, 6.45) is 9.53. The van der Waals surface area contributed by atoms with Crippen LogP contribution in [-0.4, -0.2) is 36.5 Å². The first-order valence-electron chi connectivity index (χ1n) is 11.4. The van der Waals surface area contributed by atoms with E-state index in [1.165, 1.54) is 19.3 Å². The zero-order valence-electron chi connectivity index (χ0n) is 17.3. The third-order valence-corrected chi connectivity index (χ3v) is 9.29. The fourth-order valence-electron chi connectivity index (χ4n) is 7.51. The van der Waals surface area contributed by atoms with Crippen molar-refractivity contribution in [2.75, 3.05) is 13.1 Å². The number of hydrogen-bond acceptors (Lipinski definition) is 5. The van der Waals surface area contributed by atoms with Crippen molar-refractivity contribution in [2.24, 2.45) is 39.7 Å². The zero-order valence-corrected chi connectivity index (χ0v) is 17.3. The minimum absolute atomic E-state index is 0.0192. The van der Waals surface area contributed by atoms with Crippen LogP contribution in [0.3, 0.4) is 0 Å². The van der Waals surface area contributed by atoms with Crippen molar-refractivity contribution in [3.05, 3.63) is 0 Å². The van der Waals surface area contributed by atoms with Gasteiger partial charge in [-0.1, -0.05) is 25.4 Å². The predicted molar refractivity (Wildman–Crippen MR) is 107 cm³/mol. The normalized spacial score (nSPS) is 49.6. The van der Waals surface area contributed by atoms with Crippen molar-refractivity contribution in [3.8, 4) is 0 Å². The molecule has 1 unspecified atom stereocenters. The largest absolute Gasteiger partial charge is 0.391 e. The molecule has 5 aliphatic rings. The third-order valence-electron chi connectivity index (χ3n) is 9.29. The van der Waals surface area contributed by atoms with Gasteiger partial charge in [-0.05, 0) is 74.2 Å². The highest BCUT2D eigenvalue weighted by atomic mass is 16.6. The van der Waals surface area contributed by atoms with Crippen LogP contribution in [-0.2, 0) is 14.4 Å². The lowest BCUT2D eigenvalue weighted by molar-refractivity contribution is -0.164. The molecule has 1 heterocycles. The van der Waals surface area contributed by atoms with Crippen LogP contribution in [0.4, 0.5) is 0 Å². The van der Waals surface area contributed by atoms with E-state index >= 15 is 0 Å². The lowest BCUT2D eigenvalue weighted by atomic mass is 9.44. The highest BCUT2D eigenvalue weighted by Gasteiger charge is 2.63. The van der Waals surface area contributed by atoms with Crippen molar-refractivity contribution in [2.45, 2.75) is 77.7 Å². The zero-order chi connectivity index (χ0) is 19.5. The molecular formula is C23H34N2O3. The SMILES string of the molecule is C[C@@]12CCC[C@H]1[C@@H]1C(=O)C(=O)C3C/C(=N/O[C@@H]4CCNC4)CC[C@]3(C)[C@H]1CC2. The molecule has 1 N–H and O–H groups in total. The molecule has 5 heteroatoms. The van der Waals surface area contributed by atoms with E-state index in [2.05, 4.69) is 24.3 Å². The fraction of sp³-hybridized carbons (Fsp3) is 0.870. The number of carbonyl (C=O) groups excluding carboxylic acids is 2. The summed E-state index contributed by atoms with van der Waals surface area (Å²) in [7, 11) is 0. The van der Waals surface area contributed by atoms with Crippen molar-refractivity contribution < 1.29 is 14.4 Å². The number of fused-ring (bicyclic) bond motifs is 5. The summed E-state index contributed by atoms with van der Waals surface area (Å²) < 4.78 is 0. The fourth-order valence-corrected chi connectivity index (χ4v) is 7.51. The van der Waals surface area contributed by atoms with Gasteiger partial charge in [0, 0.05) is 24.8 Å². The Balaban J connectivity index is 1.39. The first-order chi connectivity index (χ1) is 13.4. The molecule has 0 aromatic heterocycles. The van der Waals surface area contributed by atoms with Gasteiger partial charge in [0.05, 0.1) is 5.71 Å². The third kappa shape index (κ3) is 2.72. The minimum Gasteiger partial charge on any atom is -0.391 e. The first-order valence-corrected chi connectivity index (χ1v) is 11.4. The quantitative estimate of drug-likeness (QED) is 0.582. The highest BCUT2D eigenvalue weighted by molar-refractivity contribution is 6.40. The number of Topliss-reactive ketones (excluding diaryl/α,β-unsaturated/α-hetero) is 2. The summed E-state index contributed by atoms with van der Waals surface area (Å²) in [6.45, 7) is 6.50. The molecule has 4 saturated carbocycles. The molecule has 0 amide bonds. The molecule has 5 fully saturated rings. The molecule has 5 nitrogen and oxygen atoms in total. The molecule has 5 rings (SSSR count). The van der Waals surface area contributed by atoms with E-state index in [1.807, 2.05) is 0 Å². The van der Waals surface area contributed by atoms with Crippen molar-refractivity contribution >= 4 is 17.3 Å². The number of nitrogens with one attached hydrogen (secondary N) is 1. The Morgan fingerprint density at radius 2 is 1.89 bits per heavy atom. The van der Waals surface area contributed by atoms with E-state index in [9.17, 15) is 9.59 Å². The van der Waals surface area contributed by atoms with Gasteiger partial charge in [-0.25, -0.2) is 0 Å². The van der Waals surface area contributed by atoms with E-state index in [-0.39, 0.29) is 40.3 Å². The molecule has 1 aliphatic heterocycles. The van der Waals surface area contributed by atoms with Crippen LogP contribution in [0, 0.1) is 34.5 Å². The Labute approximate surface area is 168 Å². The van der Waals surface area contributed by atoms with Crippen LogP contribution in [0.5, 0.6) is 0 Å². The van der Waals surface area contributed by atoms with Gasteiger partial charge in [0.1, 0.15) is 6.10 Å². The van der Waals surface area contributed by atoms with Crippen molar-refractivity contribution in [1.82, 2.24) is 5.32 Å². The first kappa shape index (κ1) is 18.8. The Hall–Kier alpha value is -1.23. The Morgan fingerprint density at radius 1 is 1.04 bits per heavy atom. The molecule has 0 spiro atoms. The second kappa shape index (κ2) is 6.65. The van der Waals surface area contributed by atoms with Crippen LogP contribution < -0.4 is 5.32 Å². The van der Waals surface area contributed by atoms with Gasteiger partial charge in [-0.15, -0.1) is 0 Å². The minimum atomic E-state index is -0.190. The average molecular weight is 387 g/mol. The topological polar surface area (TPSA) is 67.8 Å². The second-order valence-electron chi connectivity index (χ2n) is 10.7. The lowest BCUT2D eigenvalue weighted by Crippen LogP contribution is -2.60. The standard InChI is InChI=1S/C23H34N2O3/c1-22-8-3-4-16(22)19-17(6-9-22)23(2)10-5-14(12-18(23)20(26)21(19)27)25-28-15-7-11-24-13-15/h15-19,24H,3-13H2,1-2H3/b25-14+/t15-,16+,17+,18?,19+,22+,23-/m1/s1. The maximum absolute atomic E-state index is 13.3. The Bertz CT molecular complexity index is 713. The summed E-state index contributed by atoms with van der Waals surface area (Å²) in [5.74, 6) is 0.440. The summed E-state index contributed by atoms with van der Waals surface area (Å²) in [6, 6.07) is 0. The second-order valence-corrected chi connectivity index (χ2v) is 10.7. The summed E-state index contributed by atoms with van der Waals surface area (Å²) in [5, 5.41) is 7.71. The summed E-state index contributed by atoms with van der Waals surface area (Å²) >= 11 is 0. The molecule has 0 aromatic rings. The Morgan fingerprint density at radius 3 is 2.68 bits per heavy atom. The van der Waals surface area contributed by atoms with E-state index in [0.29, 0.717) is 18.3 Å². The number of carbonyl (C=O) groups is 2. The molecule has 28 heavy (non-hydrogen) atoms. The molecule has 7 atom stereocenters. The van der Waals surface area contributed by atoms with Gasteiger partial charge >= 0.3 is 0 Å². The molecule has 4 aliphatic carbocycles. The Kier molecular flexibility index (Phi) is 4.46. The van der Waals surface area contributed by atoms with E-state index in [4.69, 9.17) is 4.84 Å². The van der Waals surface area contributed by atoms with Crippen molar-refractivity contribution in [3.63, 3.8) is 0 Å². The van der Waals surface area contributed by atoms with Crippen LogP contribution in [0.15, 0.2) is 5.16 Å². The van der Waals surface area contributed by atoms with Gasteiger partial charge in [-0.3, -0.25) is 9.59 Å². The maximum atomic E-state index is 13.3. The number of rotatable bonds is 2. The van der Waals surface area contributed by atoms with Crippen LogP contribution in [0.25, 0.3) is 0 Å². The predicted octanol–water partition coefficient (Wildman–Crippen LogP) is 3.51. The van der Waals surface area contributed by atoms with Gasteiger partial charge < -0.3 is 10.2 Å². The van der Waals surface area contributed by atoms with Crippen LogP contribution in [0.2, 0.25) is 0 Å². The van der Waals surface area contributed by atoms with Gasteiger partial charge in [-0.2, -0.15) is 0 Å². The van der Waals surface area contributed by atoms with Gasteiger partial charge in [0.2, 0.25) is 11.6 Å². The molecule has 1 saturated heterocycles.